The lowest BCUT2D eigenvalue weighted by atomic mass is 10.2. The number of carbonyl (C=O) groups excluding carboxylic acids is 1. The molecule has 1 aliphatic rings. The number of likely N-dealkylation sites (tertiary alicyclic amines) is 1. The summed E-state index contributed by atoms with van der Waals surface area (Å²) in [5.41, 5.74) is 0. The number of hydrogen-bond donors (Lipinski definition) is 2. The Hall–Kier alpha value is -0.840. The Bertz CT molecular complexity index is 258. The molecule has 0 spiro atoms. The first kappa shape index (κ1) is 13.2. The number of nitrogens with one attached hydrogen (secondary N) is 2. The van der Waals surface area contributed by atoms with E-state index in [0.29, 0.717) is 0 Å². The summed E-state index contributed by atoms with van der Waals surface area (Å²) in [6.45, 7) is 3.93. The third kappa shape index (κ3) is 3.33. The topological polar surface area (TPSA) is 44.4 Å². The van der Waals surface area contributed by atoms with Crippen LogP contribution < -0.4 is 10.6 Å². The Labute approximate surface area is 103 Å². The molecule has 1 saturated heterocycles. The van der Waals surface area contributed by atoms with E-state index in [4.69, 9.17) is 12.2 Å². The largest absolute Gasteiger partial charge is 0.363 e. The van der Waals surface area contributed by atoms with Crippen molar-refractivity contribution in [2.75, 3.05) is 20.1 Å². The first-order valence-electron chi connectivity index (χ1n) is 5.96. The van der Waals surface area contributed by atoms with Crippen molar-refractivity contribution in [2.24, 2.45) is 0 Å². The second kappa shape index (κ2) is 6.68. The van der Waals surface area contributed by atoms with E-state index >= 15 is 0 Å². The Morgan fingerprint density at radius 3 is 2.94 bits per heavy atom. The molecule has 16 heavy (non-hydrogen) atoms. The van der Waals surface area contributed by atoms with Crippen LogP contribution in [0.25, 0.3) is 0 Å². The van der Waals surface area contributed by atoms with Crippen LogP contribution in [-0.2, 0) is 4.79 Å². The summed E-state index contributed by atoms with van der Waals surface area (Å²) in [7, 11) is 1.67. The molecular weight excluding hydrogens is 222 g/mol. The van der Waals surface area contributed by atoms with Crippen LogP contribution >= 0.6 is 12.2 Å². The number of rotatable bonds is 4. The van der Waals surface area contributed by atoms with Crippen molar-refractivity contribution in [3.05, 3.63) is 0 Å². The van der Waals surface area contributed by atoms with Crippen LogP contribution in [0.15, 0.2) is 0 Å². The van der Waals surface area contributed by atoms with Crippen molar-refractivity contribution in [3.63, 3.8) is 0 Å². The molecule has 1 atom stereocenters. The monoisotopic (exact) mass is 243 g/mol. The second-order valence-corrected chi connectivity index (χ2v) is 4.44. The minimum Gasteiger partial charge on any atom is -0.363 e. The molecule has 0 aromatic rings. The van der Waals surface area contributed by atoms with Crippen molar-refractivity contribution < 1.29 is 4.79 Å². The number of carbonyl (C=O) groups is 1. The molecule has 1 heterocycles. The molecule has 0 radical (unpaired) electrons. The van der Waals surface area contributed by atoms with Gasteiger partial charge in [-0.3, -0.25) is 4.79 Å². The zero-order valence-electron chi connectivity index (χ0n) is 10.1. The third-order valence-electron chi connectivity index (χ3n) is 2.87. The van der Waals surface area contributed by atoms with Gasteiger partial charge in [0.15, 0.2) is 5.11 Å². The molecule has 1 aliphatic heterocycles. The Morgan fingerprint density at radius 1 is 1.56 bits per heavy atom. The molecule has 0 saturated carbocycles. The maximum absolute atomic E-state index is 11.6. The highest BCUT2D eigenvalue weighted by molar-refractivity contribution is 7.80. The minimum atomic E-state index is -0.0772. The summed E-state index contributed by atoms with van der Waals surface area (Å²) < 4.78 is 0. The molecule has 0 bridgehead atoms. The number of amides is 1. The Balaban J connectivity index is 2.44. The molecule has 0 unspecified atom stereocenters. The van der Waals surface area contributed by atoms with Gasteiger partial charge in [-0.2, -0.15) is 0 Å². The molecule has 0 aromatic heterocycles. The van der Waals surface area contributed by atoms with E-state index in [9.17, 15) is 4.79 Å². The fourth-order valence-corrected chi connectivity index (χ4v) is 2.24. The van der Waals surface area contributed by atoms with Crippen molar-refractivity contribution in [3.8, 4) is 0 Å². The van der Waals surface area contributed by atoms with E-state index in [2.05, 4.69) is 17.6 Å². The van der Waals surface area contributed by atoms with Crippen LogP contribution in [0.4, 0.5) is 0 Å². The van der Waals surface area contributed by atoms with E-state index < -0.39 is 0 Å². The van der Waals surface area contributed by atoms with Crippen molar-refractivity contribution in [2.45, 2.75) is 38.6 Å². The highest BCUT2D eigenvalue weighted by Crippen LogP contribution is 2.17. The van der Waals surface area contributed by atoms with E-state index in [1.807, 2.05) is 4.90 Å². The fraction of sp³-hybridized carbons (Fsp3) is 0.818. The number of unbranched alkanes of at least 4 members (excludes halogenated alkanes) is 1. The summed E-state index contributed by atoms with van der Waals surface area (Å²) in [5, 5.41) is 6.62. The van der Waals surface area contributed by atoms with Crippen LogP contribution in [0.3, 0.4) is 0 Å². The van der Waals surface area contributed by atoms with Crippen LogP contribution in [0, 0.1) is 0 Å². The molecular formula is C11H21N3OS. The van der Waals surface area contributed by atoms with Gasteiger partial charge in [-0.25, -0.2) is 0 Å². The lowest BCUT2D eigenvalue weighted by Gasteiger charge is -2.26. The molecule has 1 fully saturated rings. The predicted octanol–water partition coefficient (Wildman–Crippen LogP) is 0.871. The number of thiocarbonyl (C=S) groups is 1. The molecule has 1 amide bonds. The summed E-state index contributed by atoms with van der Waals surface area (Å²) in [5.74, 6) is 0.0668. The van der Waals surface area contributed by atoms with E-state index in [1.165, 1.54) is 0 Å². The Morgan fingerprint density at radius 2 is 2.31 bits per heavy atom. The first-order chi connectivity index (χ1) is 7.70. The fourth-order valence-electron chi connectivity index (χ4n) is 1.92. The quantitative estimate of drug-likeness (QED) is 0.568. The lowest BCUT2D eigenvalue weighted by Crippen LogP contribution is -2.48. The van der Waals surface area contributed by atoms with Gasteiger partial charge >= 0.3 is 0 Å². The number of hydrogen-bond acceptors (Lipinski definition) is 2. The molecule has 1 rings (SSSR count). The molecule has 5 heteroatoms. The van der Waals surface area contributed by atoms with E-state index in [1.54, 1.807) is 7.05 Å². The maximum Gasteiger partial charge on any atom is 0.242 e. The van der Waals surface area contributed by atoms with Gasteiger partial charge < -0.3 is 15.5 Å². The van der Waals surface area contributed by atoms with Crippen LogP contribution in [0.5, 0.6) is 0 Å². The highest BCUT2D eigenvalue weighted by atomic mass is 32.1. The smallest absolute Gasteiger partial charge is 0.242 e. The van der Waals surface area contributed by atoms with Crippen LogP contribution in [0.2, 0.25) is 0 Å². The van der Waals surface area contributed by atoms with Crippen LogP contribution in [-0.4, -0.2) is 42.1 Å². The minimum absolute atomic E-state index is 0.0668. The zero-order valence-corrected chi connectivity index (χ0v) is 10.9. The standard InChI is InChI=1S/C11H21N3OS/c1-3-4-7-13-11(16)14-8-5-6-9(14)10(15)12-2/h9H,3-8H2,1-2H3,(H,12,15)(H,13,16)/t9-/m0/s1. The van der Waals surface area contributed by atoms with Gasteiger partial charge in [0, 0.05) is 20.1 Å². The van der Waals surface area contributed by atoms with Gasteiger partial charge in [-0.15, -0.1) is 0 Å². The summed E-state index contributed by atoms with van der Waals surface area (Å²) in [4.78, 5) is 13.6. The molecule has 0 aliphatic carbocycles. The average Bonchev–Trinajstić information content (AvgIpc) is 2.77. The van der Waals surface area contributed by atoms with Crippen LogP contribution in [0.1, 0.15) is 32.6 Å². The molecule has 0 aromatic carbocycles. The number of likely N-dealkylation sites (N-methyl/N-ethyl adjacent to an activating group) is 1. The normalized spacial score (nSPS) is 19.6. The molecule has 2 N–H and O–H groups in total. The van der Waals surface area contributed by atoms with Gasteiger partial charge in [0.1, 0.15) is 6.04 Å². The summed E-state index contributed by atoms with van der Waals surface area (Å²) in [6.07, 6.45) is 4.19. The van der Waals surface area contributed by atoms with Gasteiger partial charge in [-0.1, -0.05) is 13.3 Å². The highest BCUT2D eigenvalue weighted by Gasteiger charge is 2.31. The Kier molecular flexibility index (Phi) is 5.52. The average molecular weight is 243 g/mol. The van der Waals surface area contributed by atoms with Crippen molar-refractivity contribution in [1.82, 2.24) is 15.5 Å². The lowest BCUT2D eigenvalue weighted by molar-refractivity contribution is -0.123. The van der Waals surface area contributed by atoms with E-state index in [-0.39, 0.29) is 11.9 Å². The predicted molar refractivity (Wildman–Crippen MR) is 69.3 cm³/mol. The maximum atomic E-state index is 11.6. The van der Waals surface area contributed by atoms with E-state index in [0.717, 1.165) is 43.9 Å². The van der Waals surface area contributed by atoms with Gasteiger partial charge in [-0.05, 0) is 31.5 Å². The zero-order chi connectivity index (χ0) is 12.0. The van der Waals surface area contributed by atoms with Crippen molar-refractivity contribution in [1.29, 1.82) is 0 Å². The summed E-state index contributed by atoms with van der Waals surface area (Å²) >= 11 is 5.31. The van der Waals surface area contributed by atoms with Crippen molar-refractivity contribution >= 4 is 23.2 Å². The van der Waals surface area contributed by atoms with Gasteiger partial charge in [0.2, 0.25) is 5.91 Å². The van der Waals surface area contributed by atoms with Gasteiger partial charge in [0.05, 0.1) is 0 Å². The molecule has 92 valence electrons. The molecule has 4 nitrogen and oxygen atoms in total. The second-order valence-electron chi connectivity index (χ2n) is 4.05. The number of nitrogens with zero attached hydrogens (tertiary/aromatic N) is 1. The SMILES string of the molecule is CCCCNC(=S)N1CCC[C@H]1C(=O)NC. The summed E-state index contributed by atoms with van der Waals surface area (Å²) in [6, 6.07) is -0.0772. The third-order valence-corrected chi connectivity index (χ3v) is 3.25. The first-order valence-corrected chi connectivity index (χ1v) is 6.37. The van der Waals surface area contributed by atoms with Gasteiger partial charge in [0.25, 0.3) is 0 Å².